The molecule has 1 N–H and O–H groups in total. The van der Waals surface area contributed by atoms with Gasteiger partial charge in [-0.3, -0.25) is 4.79 Å². The molecule has 0 spiro atoms. The molecule has 0 bridgehead atoms. The summed E-state index contributed by atoms with van der Waals surface area (Å²) in [6, 6.07) is 4.17. The Labute approximate surface area is 95.7 Å². The maximum Gasteiger partial charge on any atom is 0.220 e. The van der Waals surface area contributed by atoms with E-state index in [9.17, 15) is 4.79 Å². The molecule has 2 nitrogen and oxygen atoms in total. The molecule has 15 heavy (non-hydrogen) atoms. The van der Waals surface area contributed by atoms with Gasteiger partial charge in [-0.15, -0.1) is 11.3 Å². The van der Waals surface area contributed by atoms with Crippen LogP contribution in [0.15, 0.2) is 17.5 Å². The molecule has 1 rings (SSSR count). The monoisotopic (exact) mass is 225 g/mol. The van der Waals surface area contributed by atoms with Gasteiger partial charge in [-0.1, -0.05) is 6.07 Å². The van der Waals surface area contributed by atoms with Gasteiger partial charge in [-0.05, 0) is 45.1 Å². The van der Waals surface area contributed by atoms with Gasteiger partial charge >= 0.3 is 0 Å². The molecular weight excluding hydrogens is 206 g/mol. The Balaban J connectivity index is 2.18. The van der Waals surface area contributed by atoms with E-state index in [1.807, 2.05) is 20.8 Å². The van der Waals surface area contributed by atoms with Crippen molar-refractivity contribution in [1.82, 2.24) is 5.32 Å². The van der Waals surface area contributed by atoms with Crippen molar-refractivity contribution in [1.29, 1.82) is 0 Å². The van der Waals surface area contributed by atoms with Gasteiger partial charge in [-0.2, -0.15) is 0 Å². The fourth-order valence-corrected chi connectivity index (χ4v) is 2.11. The van der Waals surface area contributed by atoms with Crippen LogP contribution in [0.4, 0.5) is 0 Å². The van der Waals surface area contributed by atoms with Crippen LogP contribution >= 0.6 is 11.3 Å². The molecular formula is C12H19NOS. The van der Waals surface area contributed by atoms with Crippen LogP contribution in [0, 0.1) is 0 Å². The molecule has 1 aromatic heterocycles. The van der Waals surface area contributed by atoms with Gasteiger partial charge in [0.25, 0.3) is 0 Å². The first-order valence-electron chi connectivity index (χ1n) is 5.31. The van der Waals surface area contributed by atoms with Crippen molar-refractivity contribution in [3.63, 3.8) is 0 Å². The molecule has 0 aliphatic carbocycles. The maximum atomic E-state index is 11.5. The normalized spacial score (nSPS) is 11.4. The number of hydrogen-bond acceptors (Lipinski definition) is 2. The van der Waals surface area contributed by atoms with Crippen molar-refractivity contribution in [3.8, 4) is 0 Å². The summed E-state index contributed by atoms with van der Waals surface area (Å²) < 4.78 is 0. The number of thiophene rings is 1. The summed E-state index contributed by atoms with van der Waals surface area (Å²) in [6.45, 7) is 6.01. The largest absolute Gasteiger partial charge is 0.352 e. The second-order valence-corrected chi connectivity index (χ2v) is 5.76. The Morgan fingerprint density at radius 1 is 1.47 bits per heavy atom. The van der Waals surface area contributed by atoms with E-state index in [1.54, 1.807) is 11.3 Å². The third kappa shape index (κ3) is 5.57. The lowest BCUT2D eigenvalue weighted by atomic mass is 10.1. The summed E-state index contributed by atoms with van der Waals surface area (Å²) in [5.41, 5.74) is -0.111. The maximum absolute atomic E-state index is 11.5. The average Bonchev–Trinajstić information content (AvgIpc) is 2.53. The molecule has 1 heterocycles. The molecule has 0 fully saturated rings. The van der Waals surface area contributed by atoms with Gasteiger partial charge in [0.05, 0.1) is 0 Å². The zero-order valence-electron chi connectivity index (χ0n) is 9.67. The topological polar surface area (TPSA) is 29.1 Å². The van der Waals surface area contributed by atoms with E-state index in [-0.39, 0.29) is 11.4 Å². The number of nitrogens with one attached hydrogen (secondary N) is 1. The van der Waals surface area contributed by atoms with Crippen LogP contribution in [0.2, 0.25) is 0 Å². The van der Waals surface area contributed by atoms with Crippen molar-refractivity contribution < 1.29 is 4.79 Å². The molecule has 0 aliphatic rings. The number of carbonyl (C=O) groups excluding carboxylic acids is 1. The Bertz CT molecular complexity index is 298. The van der Waals surface area contributed by atoms with Crippen molar-refractivity contribution in [2.45, 2.75) is 45.6 Å². The van der Waals surface area contributed by atoms with Gasteiger partial charge in [0.1, 0.15) is 0 Å². The second-order valence-electron chi connectivity index (χ2n) is 4.73. The zero-order chi connectivity index (χ0) is 11.3. The summed E-state index contributed by atoms with van der Waals surface area (Å²) >= 11 is 1.76. The highest BCUT2D eigenvalue weighted by Crippen LogP contribution is 2.12. The molecule has 0 radical (unpaired) electrons. The Morgan fingerprint density at radius 2 is 2.20 bits per heavy atom. The fraction of sp³-hybridized carbons (Fsp3) is 0.583. The molecule has 0 unspecified atom stereocenters. The van der Waals surface area contributed by atoms with Gasteiger partial charge in [0.2, 0.25) is 5.91 Å². The molecule has 84 valence electrons. The van der Waals surface area contributed by atoms with Crippen LogP contribution in [-0.2, 0) is 11.2 Å². The highest BCUT2D eigenvalue weighted by molar-refractivity contribution is 7.09. The highest BCUT2D eigenvalue weighted by Gasteiger charge is 2.12. The molecule has 0 saturated carbocycles. The number of carbonyl (C=O) groups is 1. The Morgan fingerprint density at radius 3 is 2.73 bits per heavy atom. The summed E-state index contributed by atoms with van der Waals surface area (Å²) in [7, 11) is 0. The minimum Gasteiger partial charge on any atom is -0.352 e. The molecule has 0 aromatic carbocycles. The van der Waals surface area contributed by atoms with Gasteiger partial charge in [0, 0.05) is 16.8 Å². The van der Waals surface area contributed by atoms with E-state index >= 15 is 0 Å². The van der Waals surface area contributed by atoms with Crippen molar-refractivity contribution >= 4 is 17.2 Å². The van der Waals surface area contributed by atoms with Gasteiger partial charge in [-0.25, -0.2) is 0 Å². The summed E-state index contributed by atoms with van der Waals surface area (Å²) in [5, 5.41) is 5.04. The Kier molecular flexibility index (Phi) is 4.33. The number of rotatable bonds is 4. The lowest BCUT2D eigenvalue weighted by molar-refractivity contribution is -0.122. The molecule has 1 amide bonds. The van der Waals surface area contributed by atoms with E-state index < -0.39 is 0 Å². The SMILES string of the molecule is CC(C)(C)NC(=O)CCCc1cccs1. The molecule has 0 atom stereocenters. The van der Waals surface area contributed by atoms with Gasteiger partial charge in [0.15, 0.2) is 0 Å². The first-order chi connectivity index (χ1) is 6.97. The summed E-state index contributed by atoms with van der Waals surface area (Å²) in [6.07, 6.45) is 2.56. The van der Waals surface area contributed by atoms with E-state index in [2.05, 4.69) is 22.8 Å². The van der Waals surface area contributed by atoms with Crippen molar-refractivity contribution in [3.05, 3.63) is 22.4 Å². The molecule has 3 heteroatoms. The lowest BCUT2D eigenvalue weighted by Crippen LogP contribution is -2.40. The average molecular weight is 225 g/mol. The summed E-state index contributed by atoms with van der Waals surface area (Å²) in [4.78, 5) is 12.8. The smallest absolute Gasteiger partial charge is 0.220 e. The predicted octanol–water partition coefficient (Wildman–Crippen LogP) is 2.99. The van der Waals surface area contributed by atoms with Crippen molar-refractivity contribution in [2.24, 2.45) is 0 Å². The third-order valence-corrected chi connectivity index (χ3v) is 2.86. The first-order valence-corrected chi connectivity index (χ1v) is 6.19. The fourth-order valence-electron chi connectivity index (χ4n) is 1.36. The van der Waals surface area contributed by atoms with E-state index in [4.69, 9.17) is 0 Å². The van der Waals surface area contributed by atoms with Crippen LogP contribution in [-0.4, -0.2) is 11.4 Å². The van der Waals surface area contributed by atoms with Crippen LogP contribution in [0.5, 0.6) is 0 Å². The number of hydrogen-bond donors (Lipinski definition) is 1. The predicted molar refractivity (Wildman–Crippen MR) is 65.2 cm³/mol. The first kappa shape index (κ1) is 12.2. The number of aryl methyl sites for hydroxylation is 1. The highest BCUT2D eigenvalue weighted by atomic mass is 32.1. The second kappa shape index (κ2) is 5.31. The van der Waals surface area contributed by atoms with Crippen LogP contribution in [0.25, 0.3) is 0 Å². The Hall–Kier alpha value is -0.830. The van der Waals surface area contributed by atoms with Crippen LogP contribution < -0.4 is 5.32 Å². The number of amides is 1. The molecule has 0 aliphatic heterocycles. The van der Waals surface area contributed by atoms with Gasteiger partial charge < -0.3 is 5.32 Å². The molecule has 0 saturated heterocycles. The standard InChI is InChI=1S/C12H19NOS/c1-12(2,3)13-11(14)8-4-6-10-7-5-9-15-10/h5,7,9H,4,6,8H2,1-3H3,(H,13,14). The quantitative estimate of drug-likeness (QED) is 0.838. The zero-order valence-corrected chi connectivity index (χ0v) is 10.5. The third-order valence-electron chi connectivity index (χ3n) is 1.92. The molecule has 1 aromatic rings. The van der Waals surface area contributed by atoms with Crippen LogP contribution in [0.1, 0.15) is 38.5 Å². The van der Waals surface area contributed by atoms with Crippen LogP contribution in [0.3, 0.4) is 0 Å². The van der Waals surface area contributed by atoms with Crippen molar-refractivity contribution in [2.75, 3.05) is 0 Å². The van der Waals surface area contributed by atoms with E-state index in [0.717, 1.165) is 12.8 Å². The minimum atomic E-state index is -0.111. The summed E-state index contributed by atoms with van der Waals surface area (Å²) in [5.74, 6) is 0.152. The minimum absolute atomic E-state index is 0.111. The van der Waals surface area contributed by atoms with E-state index in [1.165, 1.54) is 4.88 Å². The lowest BCUT2D eigenvalue weighted by Gasteiger charge is -2.20. The van der Waals surface area contributed by atoms with E-state index in [0.29, 0.717) is 6.42 Å².